The molecule has 0 amide bonds. The second-order valence-corrected chi connectivity index (χ2v) is 10.0. The van der Waals surface area contributed by atoms with Crippen molar-refractivity contribution in [1.29, 1.82) is 0 Å². The highest BCUT2D eigenvalue weighted by molar-refractivity contribution is 5.75. The summed E-state index contributed by atoms with van der Waals surface area (Å²) in [5.74, 6) is 0.242. The second kappa shape index (κ2) is 5.59. The summed E-state index contributed by atoms with van der Waals surface area (Å²) in [5, 5.41) is 10.0. The van der Waals surface area contributed by atoms with Crippen LogP contribution in [0.5, 0.6) is 0 Å². The Hall–Kier alpha value is -1.32. The molecule has 0 saturated heterocycles. The molecule has 4 aliphatic carbocycles. The van der Waals surface area contributed by atoms with Gasteiger partial charge in [-0.05, 0) is 80.6 Å². The van der Waals surface area contributed by atoms with Gasteiger partial charge in [0, 0.05) is 12.3 Å². The van der Waals surface area contributed by atoms with Crippen LogP contribution in [0.3, 0.4) is 0 Å². The van der Waals surface area contributed by atoms with Crippen LogP contribution in [-0.4, -0.2) is 23.1 Å². The summed E-state index contributed by atoms with van der Waals surface area (Å²) >= 11 is 0. The third-order valence-corrected chi connectivity index (χ3v) is 8.95. The van der Waals surface area contributed by atoms with Crippen molar-refractivity contribution < 1.29 is 19.4 Å². The van der Waals surface area contributed by atoms with E-state index in [1.807, 2.05) is 6.92 Å². The first kappa shape index (κ1) is 18.1. The predicted molar refractivity (Wildman–Crippen MR) is 98.4 cm³/mol. The van der Waals surface area contributed by atoms with Crippen LogP contribution in [-0.2, 0) is 14.3 Å². The van der Waals surface area contributed by atoms with Crippen LogP contribution in [0.4, 0.5) is 0 Å². The van der Waals surface area contributed by atoms with Gasteiger partial charge in [-0.25, -0.2) is 0 Å². The van der Waals surface area contributed by atoms with Gasteiger partial charge in [0.05, 0.1) is 5.41 Å². The van der Waals surface area contributed by atoms with E-state index in [-0.39, 0.29) is 28.8 Å². The summed E-state index contributed by atoms with van der Waals surface area (Å²) in [6.45, 7) is 10.1. The predicted octanol–water partition coefficient (Wildman–Crippen LogP) is 4.58. The van der Waals surface area contributed by atoms with E-state index in [2.05, 4.69) is 13.5 Å². The summed E-state index contributed by atoms with van der Waals surface area (Å²) in [6.07, 6.45) is 7.86. The van der Waals surface area contributed by atoms with E-state index in [1.165, 1.54) is 6.92 Å². The molecule has 4 aliphatic rings. The first-order chi connectivity index (χ1) is 12.1. The third-order valence-electron chi connectivity index (χ3n) is 8.95. The van der Waals surface area contributed by atoms with Crippen molar-refractivity contribution in [2.75, 3.05) is 0 Å². The minimum absolute atomic E-state index is 0.0115. The molecule has 4 rings (SSSR count). The van der Waals surface area contributed by atoms with Gasteiger partial charge in [-0.15, -0.1) is 0 Å². The van der Waals surface area contributed by atoms with Gasteiger partial charge in [0.25, 0.3) is 0 Å². The Bertz CT molecular complexity index is 669. The van der Waals surface area contributed by atoms with Crippen molar-refractivity contribution in [3.8, 4) is 0 Å². The fraction of sp³-hybridized carbons (Fsp3) is 0.818. The number of ether oxygens (including phenoxy) is 1. The maximum atomic E-state index is 12.2. The lowest BCUT2D eigenvalue weighted by atomic mass is 9.40. The Balaban J connectivity index is 1.77. The number of hydrogen-bond acceptors (Lipinski definition) is 3. The van der Waals surface area contributed by atoms with E-state index >= 15 is 0 Å². The third kappa shape index (κ3) is 2.13. The fourth-order valence-electron chi connectivity index (χ4n) is 7.95. The molecule has 1 N–H and O–H groups in total. The molecule has 4 nitrogen and oxygen atoms in total. The number of fused-ring (bicyclic) bond motifs is 3. The maximum Gasteiger partial charge on any atom is 0.309 e. The zero-order valence-corrected chi connectivity index (χ0v) is 16.3. The average molecular weight is 360 g/mol. The number of carboxylic acids is 1. The Morgan fingerprint density at radius 1 is 1.12 bits per heavy atom. The Morgan fingerprint density at radius 3 is 2.50 bits per heavy atom. The lowest BCUT2D eigenvalue weighted by Crippen LogP contribution is -2.60. The van der Waals surface area contributed by atoms with Crippen molar-refractivity contribution in [2.45, 2.75) is 78.2 Å². The molecule has 7 atom stereocenters. The van der Waals surface area contributed by atoms with Crippen molar-refractivity contribution in [1.82, 2.24) is 0 Å². The van der Waals surface area contributed by atoms with Crippen LogP contribution in [0.2, 0.25) is 0 Å². The molecule has 2 bridgehead atoms. The standard InChI is InChI=1S/C22H32O4/c1-13-15-6-7-17-20(3)9-5-10-21(4,19(24)25)16(20)8-11-22(17,12-15)18(13)26-14(2)23/h15-18H,1,5-12H2,2-4H3,(H,24,25)/t15-,16?,17?,18+,20+,21+,22?/m0/s1. The number of carbonyl (C=O) groups excluding carboxylic acids is 1. The molecule has 0 heterocycles. The highest BCUT2D eigenvalue weighted by atomic mass is 16.5. The van der Waals surface area contributed by atoms with Gasteiger partial charge in [0.15, 0.2) is 0 Å². The first-order valence-corrected chi connectivity index (χ1v) is 10.2. The quantitative estimate of drug-likeness (QED) is 0.578. The lowest BCUT2D eigenvalue weighted by molar-refractivity contribution is -0.195. The molecule has 0 aromatic carbocycles. The van der Waals surface area contributed by atoms with Gasteiger partial charge in [-0.2, -0.15) is 0 Å². The van der Waals surface area contributed by atoms with Gasteiger partial charge in [0.1, 0.15) is 6.10 Å². The molecule has 4 fully saturated rings. The highest BCUT2D eigenvalue weighted by Gasteiger charge is 2.68. The van der Waals surface area contributed by atoms with E-state index in [9.17, 15) is 14.7 Å². The number of esters is 1. The number of rotatable bonds is 2. The van der Waals surface area contributed by atoms with Gasteiger partial charge < -0.3 is 9.84 Å². The van der Waals surface area contributed by atoms with Gasteiger partial charge in [0.2, 0.25) is 0 Å². The molecular weight excluding hydrogens is 328 g/mol. The van der Waals surface area contributed by atoms with Crippen LogP contribution in [0.15, 0.2) is 12.2 Å². The van der Waals surface area contributed by atoms with E-state index < -0.39 is 11.4 Å². The molecule has 3 unspecified atom stereocenters. The molecule has 4 heteroatoms. The Morgan fingerprint density at radius 2 is 1.85 bits per heavy atom. The molecule has 0 radical (unpaired) electrons. The second-order valence-electron chi connectivity index (χ2n) is 10.0. The maximum absolute atomic E-state index is 12.2. The van der Waals surface area contributed by atoms with Crippen molar-refractivity contribution in [2.24, 2.45) is 34.0 Å². The SMILES string of the molecule is C=C1[C@H]2CCC3C(CCC4[C@@]3(C)CCC[C@@]4(C)C(=O)O)(C2)[C@@H]1OC(C)=O. The van der Waals surface area contributed by atoms with E-state index in [4.69, 9.17) is 4.74 Å². The molecular formula is C22H32O4. The molecule has 0 aromatic rings. The zero-order chi connectivity index (χ0) is 18.9. The number of aliphatic carboxylic acids is 1. The highest BCUT2D eigenvalue weighted by Crippen LogP contribution is 2.72. The van der Waals surface area contributed by atoms with Crippen LogP contribution < -0.4 is 0 Å². The van der Waals surface area contributed by atoms with Crippen molar-refractivity contribution >= 4 is 11.9 Å². The summed E-state index contributed by atoms with van der Waals surface area (Å²) in [7, 11) is 0. The Labute approximate surface area is 156 Å². The van der Waals surface area contributed by atoms with Crippen LogP contribution in [0, 0.1) is 34.0 Å². The normalized spacial score (nSPS) is 49.9. The van der Waals surface area contributed by atoms with E-state index in [1.54, 1.807) is 0 Å². The van der Waals surface area contributed by atoms with Crippen LogP contribution in [0.25, 0.3) is 0 Å². The average Bonchev–Trinajstić information content (AvgIpc) is 2.75. The zero-order valence-electron chi connectivity index (χ0n) is 16.3. The first-order valence-electron chi connectivity index (χ1n) is 10.2. The van der Waals surface area contributed by atoms with Crippen molar-refractivity contribution in [3.05, 3.63) is 12.2 Å². The summed E-state index contributed by atoms with van der Waals surface area (Å²) in [4.78, 5) is 24.0. The number of hydrogen-bond donors (Lipinski definition) is 1. The lowest BCUT2D eigenvalue weighted by Gasteiger charge is -2.63. The van der Waals surface area contributed by atoms with Crippen LogP contribution in [0.1, 0.15) is 72.1 Å². The molecule has 0 aromatic heterocycles. The fourth-order valence-corrected chi connectivity index (χ4v) is 7.95. The van der Waals surface area contributed by atoms with Gasteiger partial charge in [-0.1, -0.05) is 19.9 Å². The van der Waals surface area contributed by atoms with Crippen molar-refractivity contribution in [3.63, 3.8) is 0 Å². The van der Waals surface area contributed by atoms with Crippen LogP contribution >= 0.6 is 0 Å². The van der Waals surface area contributed by atoms with Gasteiger partial charge >= 0.3 is 11.9 Å². The summed E-state index contributed by atoms with van der Waals surface area (Å²) in [5.41, 5.74) is 0.477. The summed E-state index contributed by atoms with van der Waals surface area (Å²) < 4.78 is 5.87. The molecule has 26 heavy (non-hydrogen) atoms. The summed E-state index contributed by atoms with van der Waals surface area (Å²) in [6, 6.07) is 0. The Kier molecular flexibility index (Phi) is 3.88. The van der Waals surface area contributed by atoms with E-state index in [0.717, 1.165) is 56.9 Å². The smallest absolute Gasteiger partial charge is 0.309 e. The topological polar surface area (TPSA) is 63.6 Å². The minimum Gasteiger partial charge on any atom is -0.481 e. The monoisotopic (exact) mass is 360 g/mol. The largest absolute Gasteiger partial charge is 0.481 e. The van der Waals surface area contributed by atoms with E-state index in [0.29, 0.717) is 11.8 Å². The number of carbonyl (C=O) groups is 2. The van der Waals surface area contributed by atoms with Gasteiger partial charge in [-0.3, -0.25) is 9.59 Å². The number of carboxylic acid groups (broad SMARTS) is 1. The molecule has 4 saturated carbocycles. The molecule has 0 aliphatic heterocycles. The molecule has 1 spiro atoms. The molecule has 144 valence electrons. The minimum atomic E-state index is -0.634.